The minimum absolute atomic E-state index is 0.0278. The summed E-state index contributed by atoms with van der Waals surface area (Å²) < 4.78 is 1.68. The van der Waals surface area contributed by atoms with E-state index in [0.29, 0.717) is 0 Å². The van der Waals surface area contributed by atoms with Crippen LogP contribution in [-0.2, 0) is 7.05 Å². The fourth-order valence-electron chi connectivity index (χ4n) is 2.26. The normalized spacial score (nSPS) is 11.4. The van der Waals surface area contributed by atoms with Crippen molar-refractivity contribution in [1.29, 1.82) is 0 Å². The zero-order valence-electron chi connectivity index (χ0n) is 9.24. The van der Waals surface area contributed by atoms with Gasteiger partial charge in [-0.2, -0.15) is 0 Å². The number of aryl methyl sites for hydroxylation is 2. The first-order valence-corrected chi connectivity index (χ1v) is 5.25. The molecule has 0 bridgehead atoms. The Bertz CT molecular complexity index is 750. The average molecular weight is 212 g/mol. The van der Waals surface area contributed by atoms with Crippen molar-refractivity contribution in [2.75, 3.05) is 0 Å². The molecule has 0 radical (unpaired) electrons. The maximum Gasteiger partial charge on any atom is 0.250 e. The lowest BCUT2D eigenvalue weighted by Gasteiger charge is -2.05. The molecule has 0 aliphatic rings. The Balaban J connectivity index is 2.66. The van der Waals surface area contributed by atoms with Gasteiger partial charge in [0.15, 0.2) is 0 Å². The average Bonchev–Trinajstić information content (AvgIpc) is 2.66. The molecule has 0 unspecified atom stereocenters. The van der Waals surface area contributed by atoms with Gasteiger partial charge in [0.25, 0.3) is 5.56 Å². The Kier molecular flexibility index (Phi) is 1.72. The summed E-state index contributed by atoms with van der Waals surface area (Å²) in [5, 5.41) is 2.33. The molecule has 0 spiro atoms. The Morgan fingerprint density at radius 1 is 1.19 bits per heavy atom. The Morgan fingerprint density at radius 2 is 2.00 bits per heavy atom. The van der Waals surface area contributed by atoms with Crippen LogP contribution in [0.2, 0.25) is 0 Å². The SMILES string of the molecule is Cc1c[nH]c2ccc3c(ccc(=O)n3C)c12. The first kappa shape index (κ1) is 9.21. The van der Waals surface area contributed by atoms with Crippen LogP contribution in [0.3, 0.4) is 0 Å². The first-order chi connectivity index (χ1) is 7.68. The van der Waals surface area contributed by atoms with Gasteiger partial charge in [-0.15, -0.1) is 0 Å². The zero-order chi connectivity index (χ0) is 11.3. The van der Waals surface area contributed by atoms with E-state index in [4.69, 9.17) is 0 Å². The Morgan fingerprint density at radius 3 is 2.81 bits per heavy atom. The van der Waals surface area contributed by atoms with Crippen LogP contribution in [0.5, 0.6) is 0 Å². The summed E-state index contributed by atoms with van der Waals surface area (Å²) >= 11 is 0. The van der Waals surface area contributed by atoms with E-state index in [0.717, 1.165) is 16.4 Å². The van der Waals surface area contributed by atoms with E-state index >= 15 is 0 Å². The number of hydrogen-bond donors (Lipinski definition) is 1. The molecular weight excluding hydrogens is 200 g/mol. The number of nitrogens with zero attached hydrogens (tertiary/aromatic N) is 1. The number of pyridine rings is 1. The van der Waals surface area contributed by atoms with E-state index in [1.165, 1.54) is 10.9 Å². The van der Waals surface area contributed by atoms with Crippen LogP contribution in [-0.4, -0.2) is 9.55 Å². The summed E-state index contributed by atoms with van der Waals surface area (Å²) in [4.78, 5) is 14.8. The minimum atomic E-state index is 0.0278. The number of nitrogens with one attached hydrogen (secondary N) is 1. The summed E-state index contributed by atoms with van der Waals surface area (Å²) in [6, 6.07) is 7.52. The molecule has 0 aliphatic heterocycles. The predicted octanol–water partition coefficient (Wildman–Crippen LogP) is 2.33. The molecule has 3 aromatic rings. The Hall–Kier alpha value is -2.03. The molecule has 3 heteroatoms. The number of aromatic amines is 1. The fraction of sp³-hybridized carbons (Fsp3) is 0.154. The third kappa shape index (κ3) is 1.05. The van der Waals surface area contributed by atoms with Crippen LogP contribution in [0.25, 0.3) is 21.8 Å². The topological polar surface area (TPSA) is 37.8 Å². The molecule has 3 rings (SSSR count). The van der Waals surface area contributed by atoms with E-state index in [9.17, 15) is 4.79 Å². The monoisotopic (exact) mass is 212 g/mol. The van der Waals surface area contributed by atoms with Crippen molar-refractivity contribution in [3.8, 4) is 0 Å². The second-order valence-electron chi connectivity index (χ2n) is 4.12. The van der Waals surface area contributed by atoms with Crippen molar-refractivity contribution in [2.24, 2.45) is 7.05 Å². The summed E-state index contributed by atoms with van der Waals surface area (Å²) in [6.07, 6.45) is 2.00. The van der Waals surface area contributed by atoms with Gasteiger partial charge in [0.05, 0.1) is 5.52 Å². The predicted molar refractivity (Wildman–Crippen MR) is 65.8 cm³/mol. The molecular formula is C13H12N2O. The molecule has 0 saturated carbocycles. The van der Waals surface area contributed by atoms with Crippen LogP contribution < -0.4 is 5.56 Å². The van der Waals surface area contributed by atoms with E-state index in [1.54, 1.807) is 17.7 Å². The highest BCUT2D eigenvalue weighted by atomic mass is 16.1. The Labute approximate surface area is 92.3 Å². The van der Waals surface area contributed by atoms with Gasteiger partial charge >= 0.3 is 0 Å². The fourth-order valence-corrected chi connectivity index (χ4v) is 2.26. The van der Waals surface area contributed by atoms with Crippen molar-refractivity contribution >= 4 is 21.8 Å². The highest BCUT2D eigenvalue weighted by Gasteiger charge is 2.06. The molecule has 1 N–H and O–H groups in total. The van der Waals surface area contributed by atoms with Crippen LogP contribution in [0.1, 0.15) is 5.56 Å². The molecule has 80 valence electrons. The maximum absolute atomic E-state index is 11.5. The van der Waals surface area contributed by atoms with Gasteiger partial charge in [0.2, 0.25) is 0 Å². The van der Waals surface area contributed by atoms with Crippen LogP contribution >= 0.6 is 0 Å². The third-order valence-electron chi connectivity index (χ3n) is 3.15. The van der Waals surface area contributed by atoms with Crippen molar-refractivity contribution in [3.05, 3.63) is 46.4 Å². The van der Waals surface area contributed by atoms with E-state index in [2.05, 4.69) is 11.9 Å². The quantitative estimate of drug-likeness (QED) is 0.610. The molecule has 0 fully saturated rings. The lowest BCUT2D eigenvalue weighted by Crippen LogP contribution is -2.14. The van der Waals surface area contributed by atoms with Crippen LogP contribution in [0.15, 0.2) is 35.3 Å². The minimum Gasteiger partial charge on any atom is -0.361 e. The van der Waals surface area contributed by atoms with E-state index in [1.807, 2.05) is 24.4 Å². The van der Waals surface area contributed by atoms with Crippen molar-refractivity contribution in [1.82, 2.24) is 9.55 Å². The van der Waals surface area contributed by atoms with Gasteiger partial charge in [0, 0.05) is 35.6 Å². The van der Waals surface area contributed by atoms with Crippen molar-refractivity contribution in [3.63, 3.8) is 0 Å². The van der Waals surface area contributed by atoms with Crippen LogP contribution in [0, 0.1) is 6.92 Å². The number of fused-ring (bicyclic) bond motifs is 3. The number of benzene rings is 1. The summed E-state index contributed by atoms with van der Waals surface area (Å²) in [5.74, 6) is 0. The standard InChI is InChI=1S/C13H12N2O/c1-8-7-14-10-4-5-11-9(13(8)10)3-6-12(16)15(11)2/h3-7,14H,1-2H3. The zero-order valence-corrected chi connectivity index (χ0v) is 9.24. The van der Waals surface area contributed by atoms with E-state index in [-0.39, 0.29) is 5.56 Å². The van der Waals surface area contributed by atoms with E-state index < -0.39 is 0 Å². The lowest BCUT2D eigenvalue weighted by molar-refractivity contribution is 0.907. The highest BCUT2D eigenvalue weighted by molar-refractivity contribution is 6.06. The molecule has 0 saturated heterocycles. The molecule has 2 heterocycles. The van der Waals surface area contributed by atoms with Crippen molar-refractivity contribution < 1.29 is 0 Å². The number of rotatable bonds is 0. The number of H-pyrrole nitrogens is 1. The van der Waals surface area contributed by atoms with Gasteiger partial charge in [0.1, 0.15) is 0 Å². The second kappa shape index (κ2) is 2.98. The lowest BCUT2D eigenvalue weighted by atomic mass is 10.1. The summed E-state index contributed by atoms with van der Waals surface area (Å²) in [6.45, 7) is 2.07. The molecule has 0 aliphatic carbocycles. The summed E-state index contributed by atoms with van der Waals surface area (Å²) in [7, 11) is 1.80. The molecule has 0 amide bonds. The van der Waals surface area contributed by atoms with Crippen LogP contribution in [0.4, 0.5) is 0 Å². The number of hydrogen-bond acceptors (Lipinski definition) is 1. The third-order valence-corrected chi connectivity index (χ3v) is 3.15. The van der Waals surface area contributed by atoms with Gasteiger partial charge in [-0.3, -0.25) is 4.79 Å². The summed E-state index contributed by atoms with van der Waals surface area (Å²) in [5.41, 5.74) is 3.32. The molecule has 0 atom stereocenters. The first-order valence-electron chi connectivity index (χ1n) is 5.25. The molecule has 3 nitrogen and oxygen atoms in total. The smallest absolute Gasteiger partial charge is 0.250 e. The van der Waals surface area contributed by atoms with Gasteiger partial charge in [-0.05, 0) is 30.7 Å². The second-order valence-corrected chi connectivity index (χ2v) is 4.12. The van der Waals surface area contributed by atoms with Gasteiger partial charge < -0.3 is 9.55 Å². The molecule has 16 heavy (non-hydrogen) atoms. The van der Waals surface area contributed by atoms with Crippen molar-refractivity contribution in [2.45, 2.75) is 6.92 Å². The molecule has 1 aromatic carbocycles. The molecule has 2 aromatic heterocycles. The maximum atomic E-state index is 11.5. The largest absolute Gasteiger partial charge is 0.361 e. The van der Waals surface area contributed by atoms with Gasteiger partial charge in [-0.25, -0.2) is 0 Å². The number of aromatic nitrogens is 2. The highest BCUT2D eigenvalue weighted by Crippen LogP contribution is 2.26. The van der Waals surface area contributed by atoms with Gasteiger partial charge in [-0.1, -0.05) is 0 Å².